The maximum atomic E-state index is 4.22. The average molecular weight is 250 g/mol. The van der Waals surface area contributed by atoms with Crippen molar-refractivity contribution in [1.29, 1.82) is 0 Å². The molecule has 0 spiro atoms. The highest BCUT2D eigenvalue weighted by atomic mass is 15.3. The Labute approximate surface area is 110 Å². The van der Waals surface area contributed by atoms with Crippen molar-refractivity contribution in [2.24, 2.45) is 7.05 Å². The molecule has 1 aromatic heterocycles. The standard InChI is InChI=1S/C14H26N4/c1-3-18(12-13-6-4-5-9-15-13)11-8-14-7-10-16-17(14)2/h7,10,13,15H,3-6,8-9,11-12H2,1-2H3. The fraction of sp³-hybridized carbons (Fsp3) is 0.786. The van der Waals surface area contributed by atoms with Crippen LogP contribution in [0.2, 0.25) is 0 Å². The number of hydrogen-bond acceptors (Lipinski definition) is 3. The molecule has 4 heteroatoms. The van der Waals surface area contributed by atoms with Crippen molar-refractivity contribution in [3.05, 3.63) is 18.0 Å². The molecule has 1 saturated heterocycles. The van der Waals surface area contributed by atoms with Gasteiger partial charge in [-0.25, -0.2) is 0 Å². The monoisotopic (exact) mass is 250 g/mol. The summed E-state index contributed by atoms with van der Waals surface area (Å²) in [7, 11) is 2.02. The summed E-state index contributed by atoms with van der Waals surface area (Å²) in [5.41, 5.74) is 1.32. The first-order valence-corrected chi connectivity index (χ1v) is 7.22. The molecule has 0 aliphatic carbocycles. The molecule has 0 saturated carbocycles. The average Bonchev–Trinajstić information content (AvgIpc) is 2.81. The van der Waals surface area contributed by atoms with Crippen LogP contribution in [0.4, 0.5) is 0 Å². The van der Waals surface area contributed by atoms with Crippen molar-refractivity contribution < 1.29 is 0 Å². The molecule has 1 atom stereocenters. The second-order valence-corrected chi connectivity index (χ2v) is 5.24. The van der Waals surface area contributed by atoms with Crippen LogP contribution < -0.4 is 5.32 Å². The molecule has 1 aliphatic rings. The third-order valence-corrected chi connectivity index (χ3v) is 3.94. The topological polar surface area (TPSA) is 33.1 Å². The molecular weight excluding hydrogens is 224 g/mol. The van der Waals surface area contributed by atoms with Crippen LogP contribution in [0.1, 0.15) is 31.9 Å². The Hall–Kier alpha value is -0.870. The van der Waals surface area contributed by atoms with E-state index in [1.165, 1.54) is 38.0 Å². The fourth-order valence-electron chi connectivity index (χ4n) is 2.69. The minimum atomic E-state index is 0.699. The molecule has 0 amide bonds. The third kappa shape index (κ3) is 3.82. The molecule has 2 rings (SSSR count). The van der Waals surface area contributed by atoms with E-state index in [1.807, 2.05) is 17.9 Å². The summed E-state index contributed by atoms with van der Waals surface area (Å²) in [5.74, 6) is 0. The summed E-state index contributed by atoms with van der Waals surface area (Å²) in [4.78, 5) is 2.55. The molecule has 1 unspecified atom stereocenters. The highest BCUT2D eigenvalue weighted by Crippen LogP contribution is 2.09. The summed E-state index contributed by atoms with van der Waals surface area (Å²) in [5, 5.41) is 7.85. The first-order valence-electron chi connectivity index (χ1n) is 7.22. The van der Waals surface area contributed by atoms with Crippen LogP contribution in [0.15, 0.2) is 12.3 Å². The largest absolute Gasteiger partial charge is 0.313 e. The van der Waals surface area contributed by atoms with Crippen LogP contribution in [0.25, 0.3) is 0 Å². The number of nitrogens with zero attached hydrogens (tertiary/aromatic N) is 3. The zero-order valence-electron chi connectivity index (χ0n) is 11.7. The maximum absolute atomic E-state index is 4.22. The van der Waals surface area contributed by atoms with E-state index in [0.717, 1.165) is 19.5 Å². The summed E-state index contributed by atoms with van der Waals surface area (Å²) >= 11 is 0. The second kappa shape index (κ2) is 6.90. The van der Waals surface area contributed by atoms with Gasteiger partial charge in [0.05, 0.1) is 0 Å². The van der Waals surface area contributed by atoms with E-state index in [2.05, 4.69) is 28.3 Å². The third-order valence-electron chi connectivity index (χ3n) is 3.94. The Morgan fingerprint density at radius 2 is 2.39 bits per heavy atom. The van der Waals surface area contributed by atoms with E-state index in [9.17, 15) is 0 Å². The van der Waals surface area contributed by atoms with Gasteiger partial charge in [-0.15, -0.1) is 0 Å². The number of hydrogen-bond donors (Lipinski definition) is 1. The SMILES string of the molecule is CCN(CCc1ccnn1C)CC1CCCCN1. The van der Waals surface area contributed by atoms with E-state index in [0.29, 0.717) is 6.04 Å². The van der Waals surface area contributed by atoms with Crippen LogP contribution in [0, 0.1) is 0 Å². The number of aromatic nitrogens is 2. The number of piperidine rings is 1. The van der Waals surface area contributed by atoms with Gasteiger partial charge in [-0.1, -0.05) is 13.3 Å². The van der Waals surface area contributed by atoms with Gasteiger partial charge in [0.25, 0.3) is 0 Å². The summed E-state index contributed by atoms with van der Waals surface area (Å²) in [6.45, 7) is 6.91. The summed E-state index contributed by atoms with van der Waals surface area (Å²) < 4.78 is 1.98. The van der Waals surface area contributed by atoms with Crippen molar-refractivity contribution in [2.75, 3.05) is 26.2 Å². The van der Waals surface area contributed by atoms with Crippen LogP contribution in [0.5, 0.6) is 0 Å². The van der Waals surface area contributed by atoms with E-state index in [4.69, 9.17) is 0 Å². The van der Waals surface area contributed by atoms with Gasteiger partial charge in [0.2, 0.25) is 0 Å². The molecule has 0 radical (unpaired) electrons. The van der Waals surface area contributed by atoms with Gasteiger partial charge in [-0.05, 0) is 32.0 Å². The lowest BCUT2D eigenvalue weighted by molar-refractivity contribution is 0.234. The summed E-state index contributed by atoms with van der Waals surface area (Å²) in [6.07, 6.45) is 7.04. The first kappa shape index (κ1) is 13.6. The molecule has 1 aliphatic heterocycles. The van der Waals surface area contributed by atoms with Crippen LogP contribution in [-0.4, -0.2) is 46.9 Å². The fourth-order valence-corrected chi connectivity index (χ4v) is 2.69. The quantitative estimate of drug-likeness (QED) is 0.829. The smallest absolute Gasteiger partial charge is 0.0492 e. The second-order valence-electron chi connectivity index (χ2n) is 5.24. The Balaban J connectivity index is 1.76. The van der Waals surface area contributed by atoms with Gasteiger partial charge in [0.15, 0.2) is 0 Å². The van der Waals surface area contributed by atoms with Crippen LogP contribution in [-0.2, 0) is 13.5 Å². The Morgan fingerprint density at radius 3 is 3.00 bits per heavy atom. The number of likely N-dealkylation sites (N-methyl/N-ethyl adjacent to an activating group) is 1. The Bertz CT molecular complexity index is 341. The predicted molar refractivity (Wildman–Crippen MR) is 74.7 cm³/mol. The number of aryl methyl sites for hydroxylation is 1. The minimum absolute atomic E-state index is 0.699. The lowest BCUT2D eigenvalue weighted by atomic mass is 10.0. The van der Waals surface area contributed by atoms with Crippen molar-refractivity contribution in [3.63, 3.8) is 0 Å². The number of rotatable bonds is 6. The number of nitrogens with one attached hydrogen (secondary N) is 1. The minimum Gasteiger partial charge on any atom is -0.313 e. The molecular formula is C14H26N4. The highest BCUT2D eigenvalue weighted by molar-refractivity contribution is 5.00. The van der Waals surface area contributed by atoms with Crippen molar-refractivity contribution in [1.82, 2.24) is 20.0 Å². The van der Waals surface area contributed by atoms with Gasteiger partial charge in [-0.3, -0.25) is 4.68 Å². The normalized spacial score (nSPS) is 20.5. The van der Waals surface area contributed by atoms with E-state index >= 15 is 0 Å². The van der Waals surface area contributed by atoms with Crippen molar-refractivity contribution in [3.8, 4) is 0 Å². The van der Waals surface area contributed by atoms with Gasteiger partial charge in [0, 0.05) is 44.5 Å². The van der Waals surface area contributed by atoms with Gasteiger partial charge >= 0.3 is 0 Å². The molecule has 2 heterocycles. The summed E-state index contributed by atoms with van der Waals surface area (Å²) in [6, 6.07) is 2.82. The molecule has 0 aromatic carbocycles. The van der Waals surface area contributed by atoms with Crippen molar-refractivity contribution in [2.45, 2.75) is 38.6 Å². The van der Waals surface area contributed by atoms with Gasteiger partial charge in [-0.2, -0.15) is 5.10 Å². The molecule has 4 nitrogen and oxygen atoms in total. The van der Waals surface area contributed by atoms with Crippen LogP contribution >= 0.6 is 0 Å². The molecule has 1 fully saturated rings. The highest BCUT2D eigenvalue weighted by Gasteiger charge is 2.15. The predicted octanol–water partition coefficient (Wildman–Crippen LogP) is 1.43. The zero-order valence-corrected chi connectivity index (χ0v) is 11.7. The van der Waals surface area contributed by atoms with E-state index < -0.39 is 0 Å². The lowest BCUT2D eigenvalue weighted by Gasteiger charge is -2.29. The van der Waals surface area contributed by atoms with Gasteiger partial charge in [0.1, 0.15) is 0 Å². The van der Waals surface area contributed by atoms with Crippen molar-refractivity contribution >= 4 is 0 Å². The molecule has 1 N–H and O–H groups in total. The van der Waals surface area contributed by atoms with Crippen LogP contribution in [0.3, 0.4) is 0 Å². The zero-order chi connectivity index (χ0) is 12.8. The molecule has 0 bridgehead atoms. The van der Waals surface area contributed by atoms with E-state index in [1.54, 1.807) is 0 Å². The van der Waals surface area contributed by atoms with Gasteiger partial charge < -0.3 is 10.2 Å². The lowest BCUT2D eigenvalue weighted by Crippen LogP contribution is -2.44. The maximum Gasteiger partial charge on any atom is 0.0492 e. The first-order chi connectivity index (χ1) is 8.79. The van der Waals surface area contributed by atoms with E-state index in [-0.39, 0.29) is 0 Å². The Kier molecular flexibility index (Phi) is 5.20. The molecule has 102 valence electrons. The Morgan fingerprint density at radius 1 is 1.50 bits per heavy atom. The molecule has 18 heavy (non-hydrogen) atoms. The molecule has 1 aromatic rings.